The standard InChI is InChI=1S/C63H72N16O20S4/c1-90-56(84)42-14-7-9-16-44(42)74-76-52-48(100-98-96-92-3)32-38-30-40(102(86,87)94-5)34-46(50(38)54(52)82)66-60-68-58(64-22-28-80)70-62(72-60)78-24-18-36(19-25-78)12-11-13-37-20-26-79(27-21-37)63-71-59(65-23-29-81)69-61(73-63)67-47-35-41(103(88,89)95-6)31-39-33-49(101-99-97-93-4)53(55(83)51(39)47)77-75-45-17-10-8-15-43(45)57(85)91-2/h7-10,14-17,30-37,80-83H,11-13,18-29H2,1-6H3,(H2,64,66,68,70,72)(H2,65,67,69,71,73). The van der Waals surface area contributed by atoms with Gasteiger partial charge in [-0.1, -0.05) is 53.6 Å². The fourth-order valence-corrected chi connectivity index (χ4v) is 13.9. The van der Waals surface area contributed by atoms with Gasteiger partial charge in [-0.15, -0.1) is 29.1 Å². The number of aromatic hydroxyl groups is 2. The fraction of sp³-hybridized carbons (Fsp3) is 0.365. The Balaban J connectivity index is 0.835. The van der Waals surface area contributed by atoms with E-state index < -0.39 is 43.7 Å². The highest BCUT2D eigenvalue weighted by atomic mass is 32.2. The molecular formula is C63H72N16O20S4. The van der Waals surface area contributed by atoms with E-state index in [1.165, 1.54) is 89.1 Å². The quantitative estimate of drug-likeness (QED) is 0.00353. The Morgan fingerprint density at radius 1 is 0.534 bits per heavy atom. The van der Waals surface area contributed by atoms with Gasteiger partial charge in [-0.05, 0) is 109 Å². The molecule has 2 aliphatic rings. The van der Waals surface area contributed by atoms with Gasteiger partial charge in [0.15, 0.2) is 11.5 Å². The molecule has 2 aliphatic heterocycles. The van der Waals surface area contributed by atoms with Gasteiger partial charge in [0.2, 0.25) is 35.7 Å². The lowest BCUT2D eigenvalue weighted by molar-refractivity contribution is -0.447. The topological polar surface area (TPSA) is 457 Å². The molecule has 0 bridgehead atoms. The van der Waals surface area contributed by atoms with Crippen LogP contribution in [-0.4, -0.2) is 174 Å². The molecule has 2 saturated heterocycles. The van der Waals surface area contributed by atoms with Crippen LogP contribution in [0.2, 0.25) is 0 Å². The van der Waals surface area contributed by atoms with Crippen LogP contribution in [0.25, 0.3) is 21.5 Å². The Labute approximate surface area is 598 Å². The van der Waals surface area contributed by atoms with Crippen LogP contribution in [0.4, 0.5) is 69.8 Å². The molecule has 6 aromatic carbocycles. The van der Waals surface area contributed by atoms with Crippen molar-refractivity contribution in [2.24, 2.45) is 32.3 Å². The molecule has 0 radical (unpaired) electrons. The average molecular weight is 1500 g/mol. The lowest BCUT2D eigenvalue weighted by Gasteiger charge is -2.34. The molecule has 8 N–H and O–H groups in total. The number of aromatic nitrogens is 6. The summed E-state index contributed by atoms with van der Waals surface area (Å²) in [4.78, 5) is 66.0. The second kappa shape index (κ2) is 35.7. The second-order valence-electron chi connectivity index (χ2n) is 22.6. The first-order chi connectivity index (χ1) is 49.8. The number of nitrogens with one attached hydrogen (secondary N) is 4. The van der Waals surface area contributed by atoms with E-state index in [4.69, 9.17) is 46.4 Å². The summed E-state index contributed by atoms with van der Waals surface area (Å²) in [6, 6.07) is 20.4. The van der Waals surface area contributed by atoms with Gasteiger partial charge in [0.1, 0.15) is 22.7 Å². The number of hydrogen-bond donors (Lipinski definition) is 8. The van der Waals surface area contributed by atoms with E-state index in [0.717, 1.165) is 59.2 Å². The summed E-state index contributed by atoms with van der Waals surface area (Å²) in [5.41, 5.74) is -0.0443. The monoisotopic (exact) mass is 1500 g/mol. The minimum absolute atomic E-state index is 0.0109. The molecule has 10 rings (SSSR count). The molecule has 0 spiro atoms. The smallest absolute Gasteiger partial charge is 0.340 e. The van der Waals surface area contributed by atoms with Crippen molar-refractivity contribution in [3.63, 3.8) is 0 Å². The maximum absolute atomic E-state index is 13.4. The molecule has 103 heavy (non-hydrogen) atoms. The maximum atomic E-state index is 13.4. The third-order valence-electron chi connectivity index (χ3n) is 16.4. The van der Waals surface area contributed by atoms with Crippen molar-refractivity contribution in [3.05, 3.63) is 96.1 Å². The number of benzene rings is 6. The molecule has 40 heteroatoms. The van der Waals surface area contributed by atoms with Gasteiger partial charge in [0, 0.05) is 50.0 Å². The van der Waals surface area contributed by atoms with Crippen LogP contribution in [-0.2, 0) is 66.6 Å². The number of azo groups is 2. The van der Waals surface area contributed by atoms with Crippen molar-refractivity contribution in [2.75, 3.05) is 126 Å². The summed E-state index contributed by atoms with van der Waals surface area (Å²) in [7, 11) is -1.94. The molecule has 2 aromatic heterocycles. The Morgan fingerprint density at radius 3 is 1.29 bits per heavy atom. The number of methoxy groups -OCH3 is 2. The summed E-state index contributed by atoms with van der Waals surface area (Å²) in [6.45, 7) is 1.96. The van der Waals surface area contributed by atoms with E-state index in [-0.39, 0.29) is 148 Å². The molecule has 0 unspecified atom stereocenters. The van der Waals surface area contributed by atoms with E-state index >= 15 is 0 Å². The molecule has 4 heterocycles. The lowest BCUT2D eigenvalue weighted by Crippen LogP contribution is -2.36. The first kappa shape index (κ1) is 76.2. The molecule has 0 saturated carbocycles. The van der Waals surface area contributed by atoms with E-state index in [2.05, 4.69) is 71.5 Å². The zero-order valence-electron chi connectivity index (χ0n) is 56.2. The number of hydrogen-bond acceptors (Lipinski definition) is 38. The number of phenolic OH excluding ortho intramolecular Hbond substituents is 2. The summed E-state index contributed by atoms with van der Waals surface area (Å²) in [6.07, 6.45) is 6.14. The van der Waals surface area contributed by atoms with Crippen molar-refractivity contribution in [3.8, 4) is 11.5 Å². The number of esters is 2. The van der Waals surface area contributed by atoms with Gasteiger partial charge >= 0.3 is 11.9 Å². The molecular weight excluding hydrogens is 1430 g/mol. The molecule has 0 aliphatic carbocycles. The van der Waals surface area contributed by atoms with Crippen molar-refractivity contribution < 1.29 is 93.2 Å². The van der Waals surface area contributed by atoms with Gasteiger partial charge in [0.05, 0.1) is 122 Å². The Kier molecular flexibility index (Phi) is 26.4. The maximum Gasteiger partial charge on any atom is 0.340 e. The molecule has 0 amide bonds. The summed E-state index contributed by atoms with van der Waals surface area (Å²) >= 11 is 1.11. The van der Waals surface area contributed by atoms with Crippen molar-refractivity contribution in [2.45, 2.75) is 64.5 Å². The normalized spacial score (nSPS) is 14.1. The van der Waals surface area contributed by atoms with Gasteiger partial charge in [-0.3, -0.25) is 8.37 Å². The first-order valence-corrected chi connectivity index (χ1v) is 35.9. The van der Waals surface area contributed by atoms with Gasteiger partial charge in [-0.2, -0.15) is 46.7 Å². The molecule has 548 valence electrons. The Morgan fingerprint density at radius 2 is 0.922 bits per heavy atom. The van der Waals surface area contributed by atoms with Gasteiger partial charge in [-0.25, -0.2) is 19.4 Å². The number of fused-ring (bicyclic) bond motifs is 2. The average Bonchev–Trinajstić information content (AvgIpc) is 0.759. The summed E-state index contributed by atoms with van der Waals surface area (Å²) in [5, 5.41) is 83.0. The molecule has 2 fully saturated rings. The number of anilines is 8. The summed E-state index contributed by atoms with van der Waals surface area (Å²) in [5.74, 6) is -1.01. The number of aliphatic hydroxyl groups is 2. The number of phenols is 2. The number of carbonyl (C=O) groups is 2. The van der Waals surface area contributed by atoms with Crippen molar-refractivity contribution >= 4 is 148 Å². The van der Waals surface area contributed by atoms with Crippen LogP contribution in [0.5, 0.6) is 11.5 Å². The van der Waals surface area contributed by atoms with E-state index in [1.54, 1.807) is 24.3 Å². The molecule has 0 atom stereocenters. The Hall–Kier alpha value is -9.40. The SMILES string of the molecule is COOOSc1cc2cc(S(=O)(=O)OC)cc(Nc3nc(NCCO)nc(N4CCC(CCCC5CCN(c6nc(NCCO)nc(Nc7cc(S(=O)(=O)OC)cc8cc(SOOOC)c(N=Nc9ccccc9C(=O)OC)c(O)c78)n6)CC5)CC4)n3)c2c(O)c1N=Nc1ccccc1C(=O)OC. The van der Waals surface area contributed by atoms with Crippen LogP contribution in [0, 0.1) is 11.8 Å². The lowest BCUT2D eigenvalue weighted by atomic mass is 9.87. The van der Waals surface area contributed by atoms with E-state index in [0.29, 0.717) is 62.1 Å². The van der Waals surface area contributed by atoms with Crippen LogP contribution in [0.3, 0.4) is 0 Å². The number of piperidine rings is 2. The van der Waals surface area contributed by atoms with Crippen LogP contribution >= 0.6 is 24.1 Å². The van der Waals surface area contributed by atoms with Crippen molar-refractivity contribution in [1.29, 1.82) is 0 Å². The van der Waals surface area contributed by atoms with Crippen molar-refractivity contribution in [1.82, 2.24) is 29.9 Å². The number of ether oxygens (including phenoxy) is 2. The predicted molar refractivity (Wildman–Crippen MR) is 375 cm³/mol. The number of rotatable bonds is 34. The third kappa shape index (κ3) is 18.9. The van der Waals surface area contributed by atoms with E-state index in [9.17, 15) is 46.9 Å². The fourth-order valence-electron chi connectivity index (χ4n) is 11.4. The van der Waals surface area contributed by atoms with Crippen LogP contribution in [0.15, 0.2) is 125 Å². The van der Waals surface area contributed by atoms with Gasteiger partial charge < -0.3 is 61.0 Å². The van der Waals surface area contributed by atoms with Gasteiger partial charge in [0.25, 0.3) is 20.2 Å². The van der Waals surface area contributed by atoms with E-state index in [1.807, 2.05) is 9.80 Å². The third-order valence-corrected chi connectivity index (χ3v) is 20.1. The number of aliphatic hydroxyl groups excluding tert-OH is 2. The zero-order chi connectivity index (χ0) is 73.2. The number of nitrogens with zero attached hydrogens (tertiary/aromatic N) is 12. The Bertz CT molecular complexity index is 4360. The van der Waals surface area contributed by atoms with Crippen LogP contribution in [0.1, 0.15) is 65.7 Å². The summed E-state index contributed by atoms with van der Waals surface area (Å²) < 4.78 is 83.4. The highest BCUT2D eigenvalue weighted by Gasteiger charge is 2.30. The second-order valence-corrected chi connectivity index (χ2v) is 27.5. The highest BCUT2D eigenvalue weighted by molar-refractivity contribution is 7.95. The largest absolute Gasteiger partial charge is 0.505 e. The molecule has 8 aromatic rings. The minimum Gasteiger partial charge on any atom is -0.505 e. The number of carbonyl (C=O) groups excluding carboxylic acids is 2. The highest BCUT2D eigenvalue weighted by Crippen LogP contribution is 2.50. The molecule has 36 nitrogen and oxygen atoms in total. The van der Waals surface area contributed by atoms with Crippen LogP contribution < -0.4 is 31.1 Å². The minimum atomic E-state index is -4.38. The first-order valence-electron chi connectivity index (χ1n) is 31.6. The zero-order valence-corrected chi connectivity index (χ0v) is 59.4. The predicted octanol–water partition coefficient (Wildman–Crippen LogP) is 10.5.